The normalized spacial score (nSPS) is 11.8. The number of rotatable bonds is 5. The van der Waals surface area contributed by atoms with Crippen molar-refractivity contribution in [2.75, 3.05) is 11.4 Å². The zero-order valence-corrected chi connectivity index (χ0v) is 13.9. The predicted octanol–water partition coefficient (Wildman–Crippen LogP) is 4.81. The van der Waals surface area contributed by atoms with Crippen LogP contribution in [0.15, 0.2) is 48.5 Å². The third-order valence-corrected chi connectivity index (χ3v) is 3.73. The number of hydrogen-bond acceptors (Lipinski definition) is 2. The summed E-state index contributed by atoms with van der Waals surface area (Å²) in [5.74, 6) is 0.316. The van der Waals surface area contributed by atoms with Gasteiger partial charge in [0.05, 0.1) is 5.02 Å². The summed E-state index contributed by atoms with van der Waals surface area (Å²) >= 11 is 11.9. The lowest BCUT2D eigenvalue weighted by Crippen LogP contribution is -2.40. The van der Waals surface area contributed by atoms with Crippen LogP contribution < -0.4 is 9.64 Å². The van der Waals surface area contributed by atoms with Gasteiger partial charge in [-0.1, -0.05) is 41.4 Å². The maximum Gasteiger partial charge on any atom is 0.267 e. The molecule has 0 radical (unpaired) electrons. The average molecular weight is 338 g/mol. The third-order valence-electron chi connectivity index (χ3n) is 3.20. The summed E-state index contributed by atoms with van der Waals surface area (Å²) in [7, 11) is 0. The first-order valence-corrected chi connectivity index (χ1v) is 7.76. The first-order valence-electron chi connectivity index (χ1n) is 7.01. The summed E-state index contributed by atoms with van der Waals surface area (Å²) in [5.41, 5.74) is 0.840. The summed E-state index contributed by atoms with van der Waals surface area (Å²) in [5, 5.41) is 0.908. The SMILES string of the molecule is CCN(C(=O)[C@@H](C)Oc1ccc(Cl)cc1Cl)c1ccccc1. The van der Waals surface area contributed by atoms with Gasteiger partial charge in [0, 0.05) is 17.3 Å². The van der Waals surface area contributed by atoms with Crippen LogP contribution in [-0.4, -0.2) is 18.6 Å². The van der Waals surface area contributed by atoms with Crippen LogP contribution >= 0.6 is 23.2 Å². The Kier molecular flexibility index (Phi) is 5.69. The number of ether oxygens (including phenoxy) is 1. The van der Waals surface area contributed by atoms with E-state index in [4.69, 9.17) is 27.9 Å². The van der Waals surface area contributed by atoms with Crippen molar-refractivity contribution >= 4 is 34.8 Å². The van der Waals surface area contributed by atoms with Gasteiger partial charge in [0.15, 0.2) is 6.10 Å². The van der Waals surface area contributed by atoms with Gasteiger partial charge in [-0.2, -0.15) is 0 Å². The minimum atomic E-state index is -0.654. The average Bonchev–Trinajstić information content (AvgIpc) is 2.51. The number of halogens is 2. The monoisotopic (exact) mass is 337 g/mol. The van der Waals surface area contributed by atoms with Crippen LogP contribution in [0.4, 0.5) is 5.69 Å². The van der Waals surface area contributed by atoms with E-state index in [-0.39, 0.29) is 5.91 Å². The zero-order chi connectivity index (χ0) is 16.1. The molecule has 0 fully saturated rings. The van der Waals surface area contributed by atoms with E-state index in [1.165, 1.54) is 0 Å². The van der Waals surface area contributed by atoms with E-state index in [2.05, 4.69) is 0 Å². The van der Waals surface area contributed by atoms with E-state index in [9.17, 15) is 4.79 Å². The van der Waals surface area contributed by atoms with Gasteiger partial charge in [-0.3, -0.25) is 4.79 Å². The smallest absolute Gasteiger partial charge is 0.267 e. The summed E-state index contributed by atoms with van der Waals surface area (Å²) in [6, 6.07) is 14.4. The highest BCUT2D eigenvalue weighted by molar-refractivity contribution is 6.35. The van der Waals surface area contributed by atoms with E-state index >= 15 is 0 Å². The highest BCUT2D eigenvalue weighted by atomic mass is 35.5. The molecule has 0 bridgehead atoms. The lowest BCUT2D eigenvalue weighted by molar-refractivity contribution is -0.124. The van der Waals surface area contributed by atoms with E-state index in [1.807, 2.05) is 37.3 Å². The molecule has 0 aromatic heterocycles. The Hall–Kier alpha value is -1.71. The van der Waals surface area contributed by atoms with Crippen LogP contribution in [0, 0.1) is 0 Å². The molecule has 22 heavy (non-hydrogen) atoms. The van der Waals surface area contributed by atoms with Gasteiger partial charge in [0.25, 0.3) is 5.91 Å². The standard InChI is InChI=1S/C17H17Cl2NO2/c1-3-20(14-7-5-4-6-8-14)17(21)12(2)22-16-10-9-13(18)11-15(16)19/h4-12H,3H2,1-2H3/t12-/m1/s1. The van der Waals surface area contributed by atoms with Crippen molar-refractivity contribution in [3.05, 3.63) is 58.6 Å². The number of carbonyl (C=O) groups excluding carboxylic acids is 1. The first kappa shape index (κ1) is 16.7. The molecule has 0 heterocycles. The second kappa shape index (κ2) is 7.52. The molecule has 0 spiro atoms. The first-order chi connectivity index (χ1) is 10.5. The Morgan fingerprint density at radius 1 is 1.18 bits per heavy atom. The number of amides is 1. The molecule has 116 valence electrons. The Bertz CT molecular complexity index is 646. The molecular weight excluding hydrogens is 321 g/mol. The number of nitrogens with zero attached hydrogens (tertiary/aromatic N) is 1. The number of anilines is 1. The minimum Gasteiger partial charge on any atom is -0.479 e. The topological polar surface area (TPSA) is 29.5 Å². The van der Waals surface area contributed by atoms with Crippen molar-refractivity contribution in [2.24, 2.45) is 0 Å². The predicted molar refractivity (Wildman–Crippen MR) is 91.0 cm³/mol. The minimum absolute atomic E-state index is 0.125. The van der Waals surface area contributed by atoms with E-state index in [0.717, 1.165) is 5.69 Å². The maximum absolute atomic E-state index is 12.6. The number of carbonyl (C=O) groups is 1. The molecule has 2 aromatic carbocycles. The molecule has 5 heteroatoms. The van der Waals surface area contributed by atoms with Crippen molar-refractivity contribution in [3.8, 4) is 5.75 Å². The lowest BCUT2D eigenvalue weighted by Gasteiger charge is -2.25. The van der Waals surface area contributed by atoms with E-state index in [0.29, 0.717) is 22.3 Å². The van der Waals surface area contributed by atoms with Gasteiger partial charge in [0.2, 0.25) is 0 Å². The molecule has 0 unspecified atom stereocenters. The number of hydrogen-bond donors (Lipinski definition) is 0. The summed E-state index contributed by atoms with van der Waals surface area (Å²) in [4.78, 5) is 14.3. The number of para-hydroxylation sites is 1. The van der Waals surface area contributed by atoms with Gasteiger partial charge in [-0.25, -0.2) is 0 Å². The van der Waals surface area contributed by atoms with Crippen molar-refractivity contribution in [1.29, 1.82) is 0 Å². The van der Waals surface area contributed by atoms with Crippen molar-refractivity contribution in [1.82, 2.24) is 0 Å². The Morgan fingerprint density at radius 3 is 2.45 bits per heavy atom. The second-order valence-electron chi connectivity index (χ2n) is 4.75. The van der Waals surface area contributed by atoms with Gasteiger partial charge < -0.3 is 9.64 Å². The number of likely N-dealkylation sites (N-methyl/N-ethyl adjacent to an activating group) is 1. The molecule has 3 nitrogen and oxygen atoms in total. The van der Waals surface area contributed by atoms with Crippen LogP contribution in [0.5, 0.6) is 5.75 Å². The zero-order valence-electron chi connectivity index (χ0n) is 12.4. The maximum atomic E-state index is 12.6. The summed E-state index contributed by atoms with van der Waals surface area (Å²) in [6.07, 6.45) is -0.654. The van der Waals surface area contributed by atoms with Crippen molar-refractivity contribution < 1.29 is 9.53 Å². The van der Waals surface area contributed by atoms with Gasteiger partial charge in [-0.05, 0) is 44.2 Å². The molecule has 0 aliphatic rings. The quantitative estimate of drug-likeness (QED) is 0.783. The van der Waals surface area contributed by atoms with Crippen LogP contribution in [0.1, 0.15) is 13.8 Å². The highest BCUT2D eigenvalue weighted by Gasteiger charge is 2.22. The van der Waals surface area contributed by atoms with E-state index < -0.39 is 6.10 Å². The van der Waals surface area contributed by atoms with Crippen LogP contribution in [0.2, 0.25) is 10.0 Å². The fourth-order valence-electron chi connectivity index (χ4n) is 2.10. The fourth-order valence-corrected chi connectivity index (χ4v) is 2.56. The lowest BCUT2D eigenvalue weighted by atomic mass is 10.2. The third kappa shape index (κ3) is 3.93. The summed E-state index contributed by atoms with van der Waals surface area (Å²) < 4.78 is 5.68. The Labute approximate surface area is 140 Å². The molecule has 0 aliphatic carbocycles. The van der Waals surface area contributed by atoms with Crippen LogP contribution in [-0.2, 0) is 4.79 Å². The molecule has 0 N–H and O–H groups in total. The molecule has 0 aliphatic heterocycles. The van der Waals surface area contributed by atoms with Crippen molar-refractivity contribution in [3.63, 3.8) is 0 Å². The van der Waals surface area contributed by atoms with Gasteiger partial charge in [0.1, 0.15) is 5.75 Å². The van der Waals surface area contributed by atoms with Crippen molar-refractivity contribution in [2.45, 2.75) is 20.0 Å². The molecule has 2 aromatic rings. The van der Waals surface area contributed by atoms with E-state index in [1.54, 1.807) is 30.0 Å². The fraction of sp³-hybridized carbons (Fsp3) is 0.235. The molecule has 2 rings (SSSR count). The van der Waals surface area contributed by atoms with Gasteiger partial charge >= 0.3 is 0 Å². The molecule has 0 saturated carbocycles. The Morgan fingerprint density at radius 2 is 1.86 bits per heavy atom. The number of benzene rings is 2. The highest BCUT2D eigenvalue weighted by Crippen LogP contribution is 2.28. The van der Waals surface area contributed by atoms with Crippen LogP contribution in [0.25, 0.3) is 0 Å². The molecular formula is C17H17Cl2NO2. The van der Waals surface area contributed by atoms with Crippen LogP contribution in [0.3, 0.4) is 0 Å². The second-order valence-corrected chi connectivity index (χ2v) is 5.60. The van der Waals surface area contributed by atoms with Gasteiger partial charge in [-0.15, -0.1) is 0 Å². The molecule has 1 atom stereocenters. The Balaban J connectivity index is 2.14. The largest absolute Gasteiger partial charge is 0.479 e. The molecule has 1 amide bonds. The molecule has 0 saturated heterocycles. The summed E-state index contributed by atoms with van der Waals surface area (Å²) in [6.45, 7) is 4.19.